The lowest BCUT2D eigenvalue weighted by atomic mass is 10.0. The number of hydrogen-bond donors (Lipinski definition) is 0. The molecular formula is C14H14Cl2N2O. The number of ether oxygens (including phenoxy) is 1. The number of benzene rings is 1. The zero-order valence-corrected chi connectivity index (χ0v) is 12.5. The molecule has 0 fully saturated rings. The molecule has 0 saturated carbocycles. The average molecular weight is 297 g/mol. The van der Waals surface area contributed by atoms with E-state index in [4.69, 9.17) is 27.9 Å². The van der Waals surface area contributed by atoms with E-state index in [9.17, 15) is 0 Å². The van der Waals surface area contributed by atoms with Gasteiger partial charge in [-0.25, -0.2) is 9.97 Å². The lowest BCUT2D eigenvalue weighted by Crippen LogP contribution is -1.96. The normalized spacial score (nSPS) is 10.8. The van der Waals surface area contributed by atoms with E-state index in [1.165, 1.54) is 12.4 Å². The third-order valence-corrected chi connectivity index (χ3v) is 3.33. The summed E-state index contributed by atoms with van der Waals surface area (Å²) in [7, 11) is 0. The lowest BCUT2D eigenvalue weighted by molar-refractivity contribution is 0.456. The molecule has 0 radical (unpaired) electrons. The molecule has 0 aliphatic heterocycles. The van der Waals surface area contributed by atoms with Crippen LogP contribution in [0, 0.1) is 6.92 Å². The van der Waals surface area contributed by atoms with Gasteiger partial charge in [0.05, 0.1) is 0 Å². The highest BCUT2D eigenvalue weighted by Crippen LogP contribution is 2.34. The Morgan fingerprint density at radius 1 is 1.11 bits per heavy atom. The van der Waals surface area contributed by atoms with E-state index in [0.29, 0.717) is 17.5 Å². The molecule has 0 spiro atoms. The molecule has 0 unspecified atom stereocenters. The summed E-state index contributed by atoms with van der Waals surface area (Å²) in [6.45, 7) is 6.08. The van der Waals surface area contributed by atoms with Crippen molar-refractivity contribution in [3.8, 4) is 11.6 Å². The number of aromatic nitrogens is 2. The summed E-state index contributed by atoms with van der Waals surface area (Å²) >= 11 is 12.2. The van der Waals surface area contributed by atoms with E-state index in [1.807, 2.05) is 19.1 Å². The van der Waals surface area contributed by atoms with Gasteiger partial charge >= 0.3 is 0 Å². The maximum Gasteiger partial charge on any atom is 0.257 e. The Hall–Kier alpha value is -1.32. The second-order valence-corrected chi connectivity index (χ2v) is 5.31. The van der Waals surface area contributed by atoms with Crippen LogP contribution in [0.15, 0.2) is 24.5 Å². The first kappa shape index (κ1) is 14.1. The van der Waals surface area contributed by atoms with E-state index in [-0.39, 0.29) is 5.15 Å². The van der Waals surface area contributed by atoms with Crippen LogP contribution in [0.4, 0.5) is 0 Å². The van der Waals surface area contributed by atoms with Gasteiger partial charge in [-0.2, -0.15) is 0 Å². The van der Waals surface area contributed by atoms with Crippen LogP contribution in [0.25, 0.3) is 0 Å². The van der Waals surface area contributed by atoms with Crippen LogP contribution in [0.1, 0.15) is 30.9 Å². The second-order valence-electron chi connectivity index (χ2n) is 4.55. The molecule has 3 nitrogen and oxygen atoms in total. The van der Waals surface area contributed by atoms with Gasteiger partial charge in [-0.1, -0.05) is 37.0 Å². The van der Waals surface area contributed by atoms with Crippen molar-refractivity contribution in [2.24, 2.45) is 0 Å². The van der Waals surface area contributed by atoms with Gasteiger partial charge in [-0.05, 0) is 36.1 Å². The van der Waals surface area contributed by atoms with Gasteiger partial charge in [0.1, 0.15) is 5.75 Å². The summed E-state index contributed by atoms with van der Waals surface area (Å²) in [6.07, 6.45) is 3.05. The summed E-state index contributed by atoms with van der Waals surface area (Å²) < 4.78 is 5.72. The number of nitrogens with zero attached hydrogens (tertiary/aromatic N) is 2. The van der Waals surface area contributed by atoms with Gasteiger partial charge in [-0.15, -0.1) is 0 Å². The monoisotopic (exact) mass is 296 g/mol. The second kappa shape index (κ2) is 5.76. The summed E-state index contributed by atoms with van der Waals surface area (Å²) in [5, 5.41) is 0.980. The first-order valence-corrected chi connectivity index (χ1v) is 6.69. The Kier molecular flexibility index (Phi) is 4.27. The van der Waals surface area contributed by atoms with Gasteiger partial charge in [-0.3, -0.25) is 0 Å². The molecule has 0 atom stereocenters. The quantitative estimate of drug-likeness (QED) is 0.799. The van der Waals surface area contributed by atoms with Gasteiger partial charge in [0.25, 0.3) is 5.88 Å². The average Bonchev–Trinajstić information content (AvgIpc) is 2.34. The molecule has 1 aromatic carbocycles. The fraction of sp³-hybridized carbons (Fsp3) is 0.286. The minimum absolute atomic E-state index is 0.239. The van der Waals surface area contributed by atoms with E-state index >= 15 is 0 Å². The highest BCUT2D eigenvalue weighted by atomic mass is 35.5. The highest BCUT2D eigenvalue weighted by Gasteiger charge is 2.12. The maximum atomic E-state index is 6.22. The lowest BCUT2D eigenvalue weighted by Gasteiger charge is -2.14. The van der Waals surface area contributed by atoms with Gasteiger partial charge in [0, 0.05) is 17.4 Å². The maximum absolute atomic E-state index is 6.22. The summed E-state index contributed by atoms with van der Waals surface area (Å²) in [4.78, 5) is 7.99. The van der Waals surface area contributed by atoms with Crippen molar-refractivity contribution >= 4 is 23.2 Å². The molecule has 2 aromatic rings. The van der Waals surface area contributed by atoms with Crippen molar-refractivity contribution in [3.63, 3.8) is 0 Å². The van der Waals surface area contributed by atoms with Crippen molar-refractivity contribution in [3.05, 3.63) is 45.8 Å². The van der Waals surface area contributed by atoms with E-state index < -0.39 is 0 Å². The molecule has 5 heteroatoms. The van der Waals surface area contributed by atoms with Crippen LogP contribution in [0.3, 0.4) is 0 Å². The first-order chi connectivity index (χ1) is 8.99. The van der Waals surface area contributed by atoms with Gasteiger partial charge in [0.15, 0.2) is 5.15 Å². The van der Waals surface area contributed by atoms with Crippen LogP contribution in [0.2, 0.25) is 10.2 Å². The van der Waals surface area contributed by atoms with E-state index in [2.05, 4.69) is 23.8 Å². The van der Waals surface area contributed by atoms with Crippen LogP contribution >= 0.6 is 23.2 Å². The van der Waals surface area contributed by atoms with Crippen LogP contribution in [-0.2, 0) is 0 Å². The Bertz CT molecular complexity index is 600. The van der Waals surface area contributed by atoms with E-state index in [1.54, 1.807) is 0 Å². The fourth-order valence-corrected chi connectivity index (χ4v) is 2.28. The first-order valence-electron chi connectivity index (χ1n) is 5.93. The van der Waals surface area contributed by atoms with Crippen molar-refractivity contribution < 1.29 is 4.74 Å². The summed E-state index contributed by atoms with van der Waals surface area (Å²) in [6, 6.07) is 3.81. The third-order valence-electron chi connectivity index (χ3n) is 2.75. The number of hydrogen-bond acceptors (Lipinski definition) is 3. The molecule has 0 bridgehead atoms. The standard InChI is InChI=1S/C14H14Cl2N2O/c1-8(2)10-7-12(9(3)6-11(10)15)19-14-13(16)17-4-5-18-14/h4-8H,1-3H3. The van der Waals surface area contributed by atoms with Gasteiger partial charge < -0.3 is 4.74 Å². The molecule has 0 aliphatic carbocycles. The summed E-state index contributed by atoms with van der Waals surface area (Å²) in [5.74, 6) is 1.30. The molecule has 1 aromatic heterocycles. The molecule has 0 aliphatic rings. The van der Waals surface area contributed by atoms with Crippen LogP contribution in [-0.4, -0.2) is 9.97 Å². The zero-order valence-electron chi connectivity index (χ0n) is 10.9. The minimum Gasteiger partial charge on any atom is -0.436 e. The van der Waals surface area contributed by atoms with Crippen molar-refractivity contribution in [1.29, 1.82) is 0 Å². The molecule has 1 heterocycles. The predicted octanol–water partition coefficient (Wildman–Crippen LogP) is 5.01. The topological polar surface area (TPSA) is 35.0 Å². The molecular weight excluding hydrogens is 283 g/mol. The van der Waals surface area contributed by atoms with Crippen molar-refractivity contribution in [2.45, 2.75) is 26.7 Å². The number of aryl methyl sites for hydroxylation is 1. The smallest absolute Gasteiger partial charge is 0.257 e. The van der Waals surface area contributed by atoms with Gasteiger partial charge in [0.2, 0.25) is 0 Å². The number of halogens is 2. The Balaban J connectivity index is 2.40. The summed E-state index contributed by atoms with van der Waals surface area (Å²) in [5.41, 5.74) is 1.96. The molecule has 2 rings (SSSR count). The van der Waals surface area contributed by atoms with Crippen molar-refractivity contribution in [2.75, 3.05) is 0 Å². The van der Waals surface area contributed by atoms with Crippen LogP contribution in [0.5, 0.6) is 11.6 Å². The third kappa shape index (κ3) is 3.17. The molecule has 0 saturated heterocycles. The van der Waals surface area contributed by atoms with E-state index in [0.717, 1.165) is 16.1 Å². The Morgan fingerprint density at radius 3 is 2.42 bits per heavy atom. The Labute approximate surface area is 122 Å². The fourth-order valence-electron chi connectivity index (χ4n) is 1.70. The molecule has 0 amide bonds. The highest BCUT2D eigenvalue weighted by molar-refractivity contribution is 6.31. The Morgan fingerprint density at radius 2 is 1.79 bits per heavy atom. The molecule has 100 valence electrons. The predicted molar refractivity (Wildman–Crippen MR) is 77.4 cm³/mol. The number of rotatable bonds is 3. The SMILES string of the molecule is Cc1cc(Cl)c(C(C)C)cc1Oc1nccnc1Cl. The van der Waals surface area contributed by atoms with Crippen molar-refractivity contribution in [1.82, 2.24) is 9.97 Å². The molecule has 0 N–H and O–H groups in total. The molecule has 19 heavy (non-hydrogen) atoms. The largest absolute Gasteiger partial charge is 0.436 e. The zero-order chi connectivity index (χ0) is 14.0. The minimum atomic E-state index is 0.239. The van der Waals surface area contributed by atoms with Crippen LogP contribution < -0.4 is 4.74 Å².